The molecule has 8 nitrogen and oxygen atoms in total. The first-order valence-electron chi connectivity index (χ1n) is 6.53. The van der Waals surface area contributed by atoms with E-state index in [0.717, 1.165) is 24.8 Å². The number of methoxy groups -OCH3 is 1. The van der Waals surface area contributed by atoms with Crippen molar-refractivity contribution >= 4 is 23.4 Å². The molecule has 0 atom stereocenters. The number of nitrogens with zero attached hydrogens (tertiary/aromatic N) is 2. The Morgan fingerprint density at radius 2 is 1.96 bits per heavy atom. The minimum Gasteiger partial charge on any atom is -0.465 e. The van der Waals surface area contributed by atoms with Crippen LogP contribution in [0, 0.1) is 17.0 Å². The molecule has 8 heteroatoms. The number of non-ortho nitro benzene ring substituents is 1. The van der Waals surface area contributed by atoms with Crippen LogP contribution in [-0.4, -0.2) is 28.9 Å². The third-order valence-electron chi connectivity index (χ3n) is 3.05. The van der Waals surface area contributed by atoms with E-state index >= 15 is 0 Å². The van der Waals surface area contributed by atoms with Crippen LogP contribution in [-0.2, 0) is 4.74 Å². The molecule has 2 aromatic rings. The summed E-state index contributed by atoms with van der Waals surface area (Å²) >= 11 is 0. The number of carbonyl (C=O) groups is 2. The van der Waals surface area contributed by atoms with Crippen molar-refractivity contribution in [1.82, 2.24) is 4.98 Å². The first-order valence-corrected chi connectivity index (χ1v) is 6.53. The molecule has 0 aliphatic rings. The van der Waals surface area contributed by atoms with E-state index in [1.807, 2.05) is 0 Å². The topological polar surface area (TPSA) is 111 Å². The number of anilines is 1. The zero-order valence-electron chi connectivity index (χ0n) is 12.4. The van der Waals surface area contributed by atoms with Crippen LogP contribution in [0.2, 0.25) is 0 Å². The van der Waals surface area contributed by atoms with Crippen LogP contribution < -0.4 is 5.32 Å². The molecule has 0 saturated carbocycles. The number of nitro groups is 1. The monoisotopic (exact) mass is 315 g/mol. The summed E-state index contributed by atoms with van der Waals surface area (Å²) in [6.45, 7) is 1.76. The number of pyridine rings is 1. The summed E-state index contributed by atoms with van der Waals surface area (Å²) in [6, 6.07) is 6.84. The molecular formula is C15H13N3O5. The molecule has 0 spiro atoms. The summed E-state index contributed by atoms with van der Waals surface area (Å²) in [6.07, 6.45) is 1.51. The quantitative estimate of drug-likeness (QED) is 0.526. The number of nitrogens with one attached hydrogen (secondary N) is 1. The molecule has 0 radical (unpaired) electrons. The van der Waals surface area contributed by atoms with Crippen molar-refractivity contribution < 1.29 is 19.2 Å². The van der Waals surface area contributed by atoms with Crippen LogP contribution in [0.4, 0.5) is 11.5 Å². The van der Waals surface area contributed by atoms with Crippen LogP contribution in [0.3, 0.4) is 0 Å². The summed E-state index contributed by atoms with van der Waals surface area (Å²) in [5.41, 5.74) is 0.240. The smallest absolute Gasteiger partial charge is 0.338 e. The maximum Gasteiger partial charge on any atom is 0.338 e. The highest BCUT2D eigenvalue weighted by Crippen LogP contribution is 2.19. The average Bonchev–Trinajstić information content (AvgIpc) is 2.55. The van der Waals surface area contributed by atoms with Gasteiger partial charge in [-0.25, -0.2) is 9.78 Å². The number of hydrogen-bond acceptors (Lipinski definition) is 6. The number of esters is 1. The highest BCUT2D eigenvalue weighted by molar-refractivity contribution is 6.06. The first kappa shape index (κ1) is 16.1. The van der Waals surface area contributed by atoms with Gasteiger partial charge >= 0.3 is 5.97 Å². The Labute approximate surface area is 131 Å². The van der Waals surface area contributed by atoms with Crippen molar-refractivity contribution in [3.8, 4) is 0 Å². The van der Waals surface area contributed by atoms with Crippen molar-refractivity contribution in [3.05, 3.63) is 63.3 Å². The third-order valence-corrected chi connectivity index (χ3v) is 3.05. The van der Waals surface area contributed by atoms with Crippen molar-refractivity contribution in [3.63, 3.8) is 0 Å². The second-order valence-electron chi connectivity index (χ2n) is 4.64. The van der Waals surface area contributed by atoms with Gasteiger partial charge in [0.15, 0.2) is 0 Å². The molecule has 0 aliphatic carbocycles. The Balaban J connectivity index is 2.39. The van der Waals surface area contributed by atoms with Gasteiger partial charge in [-0.3, -0.25) is 14.9 Å². The van der Waals surface area contributed by atoms with Gasteiger partial charge in [0.1, 0.15) is 5.82 Å². The molecule has 0 unspecified atom stereocenters. The average molecular weight is 315 g/mol. The van der Waals surface area contributed by atoms with E-state index in [9.17, 15) is 19.7 Å². The number of aryl methyl sites for hydroxylation is 1. The minimum atomic E-state index is -0.767. The molecule has 0 aliphatic heterocycles. The van der Waals surface area contributed by atoms with Gasteiger partial charge in [-0.05, 0) is 24.6 Å². The molecule has 0 fully saturated rings. The fourth-order valence-corrected chi connectivity index (χ4v) is 1.88. The largest absolute Gasteiger partial charge is 0.465 e. The van der Waals surface area contributed by atoms with Crippen LogP contribution in [0.5, 0.6) is 0 Å². The lowest BCUT2D eigenvalue weighted by Gasteiger charge is -2.08. The van der Waals surface area contributed by atoms with Crippen LogP contribution in [0.25, 0.3) is 0 Å². The molecule has 23 heavy (non-hydrogen) atoms. The normalized spacial score (nSPS) is 10.0. The Hall–Kier alpha value is -3.29. The molecule has 1 N–H and O–H groups in total. The highest BCUT2D eigenvalue weighted by atomic mass is 16.6. The number of rotatable bonds is 4. The Bertz CT molecular complexity index is 788. The number of amides is 1. The van der Waals surface area contributed by atoms with Gasteiger partial charge in [0.05, 0.1) is 17.6 Å². The van der Waals surface area contributed by atoms with Gasteiger partial charge in [0.25, 0.3) is 11.6 Å². The molecule has 1 aromatic carbocycles. The Morgan fingerprint density at radius 3 is 2.57 bits per heavy atom. The number of carbonyl (C=O) groups excluding carboxylic acids is 2. The van der Waals surface area contributed by atoms with Crippen molar-refractivity contribution in [1.29, 1.82) is 0 Å². The van der Waals surface area contributed by atoms with E-state index in [-0.39, 0.29) is 16.8 Å². The molecule has 0 bridgehead atoms. The van der Waals surface area contributed by atoms with E-state index in [1.54, 1.807) is 19.1 Å². The molecule has 1 aromatic heterocycles. The Morgan fingerprint density at radius 1 is 1.26 bits per heavy atom. The van der Waals surface area contributed by atoms with Gasteiger partial charge in [0, 0.05) is 23.9 Å². The van der Waals surface area contributed by atoms with Gasteiger partial charge in [-0.2, -0.15) is 0 Å². The van der Waals surface area contributed by atoms with E-state index in [1.165, 1.54) is 12.3 Å². The summed E-state index contributed by atoms with van der Waals surface area (Å²) in [7, 11) is 1.15. The van der Waals surface area contributed by atoms with Gasteiger partial charge < -0.3 is 10.1 Å². The van der Waals surface area contributed by atoms with E-state index in [2.05, 4.69) is 15.0 Å². The van der Waals surface area contributed by atoms with Crippen LogP contribution in [0.1, 0.15) is 26.3 Å². The molecule has 1 heterocycles. The summed E-state index contributed by atoms with van der Waals surface area (Å²) in [4.78, 5) is 38.2. The van der Waals surface area contributed by atoms with E-state index in [4.69, 9.17) is 0 Å². The lowest BCUT2D eigenvalue weighted by molar-refractivity contribution is -0.384. The number of aromatic nitrogens is 1. The molecule has 0 saturated heterocycles. The third kappa shape index (κ3) is 3.67. The summed E-state index contributed by atoms with van der Waals surface area (Å²) in [5.74, 6) is -1.04. The van der Waals surface area contributed by atoms with Crippen LogP contribution in [0.15, 0.2) is 36.5 Å². The van der Waals surface area contributed by atoms with Crippen LogP contribution >= 0.6 is 0 Å². The molecule has 118 valence electrons. The number of ether oxygens (including phenoxy) is 1. The lowest BCUT2D eigenvalue weighted by atomic mass is 10.1. The fraction of sp³-hybridized carbons (Fsp3) is 0.133. The summed E-state index contributed by atoms with van der Waals surface area (Å²) in [5, 5.41) is 13.5. The molecule has 2 rings (SSSR count). The predicted octanol–water partition coefficient (Wildman–Crippen LogP) is 2.34. The van der Waals surface area contributed by atoms with Crippen molar-refractivity contribution in [2.24, 2.45) is 0 Å². The second-order valence-corrected chi connectivity index (χ2v) is 4.64. The number of hydrogen-bond donors (Lipinski definition) is 1. The molecular weight excluding hydrogens is 302 g/mol. The zero-order chi connectivity index (χ0) is 17.0. The maximum absolute atomic E-state index is 12.3. The second kappa shape index (κ2) is 6.65. The minimum absolute atomic E-state index is 0.0374. The van der Waals surface area contributed by atoms with E-state index in [0.29, 0.717) is 5.82 Å². The molecule has 1 amide bonds. The van der Waals surface area contributed by atoms with Gasteiger partial charge in [-0.1, -0.05) is 6.07 Å². The number of nitro benzene ring substituents is 1. The summed E-state index contributed by atoms with van der Waals surface area (Å²) < 4.78 is 4.54. The predicted molar refractivity (Wildman–Crippen MR) is 81.4 cm³/mol. The van der Waals surface area contributed by atoms with Crippen molar-refractivity contribution in [2.75, 3.05) is 12.4 Å². The maximum atomic E-state index is 12.3. The highest BCUT2D eigenvalue weighted by Gasteiger charge is 2.19. The van der Waals surface area contributed by atoms with E-state index < -0.39 is 16.8 Å². The first-order chi connectivity index (χ1) is 10.9. The zero-order valence-corrected chi connectivity index (χ0v) is 12.4. The lowest BCUT2D eigenvalue weighted by Crippen LogP contribution is -2.15. The van der Waals surface area contributed by atoms with Gasteiger partial charge in [-0.15, -0.1) is 0 Å². The number of benzene rings is 1. The Kier molecular flexibility index (Phi) is 4.65. The van der Waals surface area contributed by atoms with Gasteiger partial charge in [0.2, 0.25) is 0 Å². The van der Waals surface area contributed by atoms with Crippen molar-refractivity contribution in [2.45, 2.75) is 6.92 Å². The SMILES string of the molecule is COC(=O)c1cc(C(=O)Nc2ncccc2C)cc([N+](=O)[O-])c1. The fourth-order valence-electron chi connectivity index (χ4n) is 1.88. The standard InChI is InChI=1S/C15H13N3O5/c1-9-4-3-5-16-13(9)17-14(19)10-6-11(15(20)23-2)8-12(7-10)18(21)22/h3-8H,1-2H3,(H,16,17,19).